The van der Waals surface area contributed by atoms with E-state index in [4.69, 9.17) is 4.42 Å². The highest BCUT2D eigenvalue weighted by atomic mass is 16.3. The molecular weight excluding hydrogens is 234 g/mol. The molecule has 2 aromatic heterocycles. The second-order valence-corrected chi connectivity index (χ2v) is 4.52. The molecule has 0 radical (unpaired) electrons. The molecule has 2 heteroatoms. The molecular formula is C17H11NO. The summed E-state index contributed by atoms with van der Waals surface area (Å²) >= 11 is 0. The minimum atomic E-state index is 0.878. The van der Waals surface area contributed by atoms with Crippen molar-refractivity contribution in [2.24, 2.45) is 0 Å². The number of furan rings is 1. The highest BCUT2D eigenvalue weighted by molar-refractivity contribution is 6.11. The van der Waals surface area contributed by atoms with Gasteiger partial charge in [0.15, 0.2) is 0 Å². The van der Waals surface area contributed by atoms with E-state index < -0.39 is 0 Å². The number of pyridine rings is 1. The van der Waals surface area contributed by atoms with Crippen LogP contribution in [0.15, 0.2) is 71.5 Å². The van der Waals surface area contributed by atoms with Crippen molar-refractivity contribution in [2.45, 2.75) is 0 Å². The Kier molecular flexibility index (Phi) is 2.15. The molecule has 0 unspecified atom stereocenters. The van der Waals surface area contributed by atoms with Gasteiger partial charge in [0.2, 0.25) is 0 Å². The Hall–Kier alpha value is -2.61. The summed E-state index contributed by atoms with van der Waals surface area (Å²) in [6, 6.07) is 18.3. The van der Waals surface area contributed by atoms with Crippen LogP contribution in [-0.2, 0) is 0 Å². The number of hydrogen-bond donors (Lipinski definition) is 0. The van der Waals surface area contributed by atoms with E-state index in [0.717, 1.165) is 27.6 Å². The third-order valence-electron chi connectivity index (χ3n) is 3.40. The Morgan fingerprint density at radius 1 is 0.842 bits per heavy atom. The lowest BCUT2D eigenvalue weighted by Gasteiger charge is -2.07. The SMILES string of the molecule is c1coc(-c2cccc3ncc4ccccc4c23)c1. The maximum atomic E-state index is 5.55. The topological polar surface area (TPSA) is 26.0 Å². The van der Waals surface area contributed by atoms with Crippen LogP contribution >= 0.6 is 0 Å². The lowest BCUT2D eigenvalue weighted by molar-refractivity contribution is 0.583. The normalized spacial score (nSPS) is 11.2. The molecule has 0 bridgehead atoms. The quantitative estimate of drug-likeness (QED) is 0.456. The number of hydrogen-bond acceptors (Lipinski definition) is 2. The van der Waals surface area contributed by atoms with E-state index in [2.05, 4.69) is 29.2 Å². The van der Waals surface area contributed by atoms with Crippen LogP contribution in [0.1, 0.15) is 0 Å². The first-order valence-corrected chi connectivity index (χ1v) is 6.24. The van der Waals surface area contributed by atoms with Crippen molar-refractivity contribution in [1.82, 2.24) is 4.98 Å². The van der Waals surface area contributed by atoms with Gasteiger partial charge in [-0.3, -0.25) is 4.98 Å². The highest BCUT2D eigenvalue weighted by Crippen LogP contribution is 2.33. The first-order chi connectivity index (χ1) is 9.43. The minimum absolute atomic E-state index is 0.878. The van der Waals surface area contributed by atoms with Gasteiger partial charge in [0.05, 0.1) is 11.8 Å². The first-order valence-electron chi connectivity index (χ1n) is 6.24. The van der Waals surface area contributed by atoms with Crippen LogP contribution in [0.4, 0.5) is 0 Å². The van der Waals surface area contributed by atoms with E-state index in [1.54, 1.807) is 6.26 Å². The standard InChI is InChI=1S/C17H11NO/c1-2-6-13-12(5-1)11-18-15-8-3-7-14(17(13)15)16-9-4-10-19-16/h1-11H. The van der Waals surface area contributed by atoms with E-state index in [0.29, 0.717) is 0 Å². The van der Waals surface area contributed by atoms with Crippen LogP contribution in [0.5, 0.6) is 0 Å². The maximum absolute atomic E-state index is 5.55. The van der Waals surface area contributed by atoms with Gasteiger partial charge in [-0.05, 0) is 23.6 Å². The summed E-state index contributed by atoms with van der Waals surface area (Å²) in [5, 5.41) is 3.50. The third kappa shape index (κ3) is 1.54. The fraction of sp³-hybridized carbons (Fsp3) is 0. The summed E-state index contributed by atoms with van der Waals surface area (Å²) in [6.07, 6.45) is 3.62. The molecule has 0 aliphatic carbocycles. The van der Waals surface area contributed by atoms with Crippen molar-refractivity contribution in [3.8, 4) is 11.3 Å². The number of fused-ring (bicyclic) bond motifs is 3. The molecule has 2 aromatic carbocycles. The van der Waals surface area contributed by atoms with E-state index >= 15 is 0 Å². The zero-order valence-electron chi connectivity index (χ0n) is 10.2. The van der Waals surface area contributed by atoms with Gasteiger partial charge < -0.3 is 4.42 Å². The van der Waals surface area contributed by atoms with E-state index in [-0.39, 0.29) is 0 Å². The van der Waals surface area contributed by atoms with Gasteiger partial charge in [-0.2, -0.15) is 0 Å². The van der Waals surface area contributed by atoms with Gasteiger partial charge in [0, 0.05) is 22.5 Å². The third-order valence-corrected chi connectivity index (χ3v) is 3.40. The second-order valence-electron chi connectivity index (χ2n) is 4.52. The molecule has 0 aliphatic heterocycles. The summed E-state index contributed by atoms with van der Waals surface area (Å²) < 4.78 is 5.55. The molecule has 2 heterocycles. The monoisotopic (exact) mass is 245 g/mol. The molecule has 19 heavy (non-hydrogen) atoms. The molecule has 4 aromatic rings. The smallest absolute Gasteiger partial charge is 0.134 e. The molecule has 0 aliphatic rings. The molecule has 0 atom stereocenters. The molecule has 0 amide bonds. The van der Waals surface area contributed by atoms with Crippen molar-refractivity contribution in [3.63, 3.8) is 0 Å². The van der Waals surface area contributed by atoms with Gasteiger partial charge in [-0.1, -0.05) is 36.4 Å². The summed E-state index contributed by atoms with van der Waals surface area (Å²) in [5.41, 5.74) is 2.08. The average molecular weight is 245 g/mol. The lowest BCUT2D eigenvalue weighted by Crippen LogP contribution is -1.85. The Labute approximate surface area is 110 Å². The Balaban J connectivity index is 2.22. The van der Waals surface area contributed by atoms with Crippen molar-refractivity contribution in [2.75, 3.05) is 0 Å². The van der Waals surface area contributed by atoms with Crippen molar-refractivity contribution < 1.29 is 4.42 Å². The predicted molar refractivity (Wildman–Crippen MR) is 77.0 cm³/mol. The van der Waals surface area contributed by atoms with E-state index in [9.17, 15) is 0 Å². The first kappa shape index (κ1) is 10.3. The van der Waals surface area contributed by atoms with Crippen molar-refractivity contribution in [1.29, 1.82) is 0 Å². The van der Waals surface area contributed by atoms with Crippen LogP contribution < -0.4 is 0 Å². The second kappa shape index (κ2) is 3.95. The minimum Gasteiger partial charge on any atom is -0.464 e. The van der Waals surface area contributed by atoms with E-state index in [1.165, 1.54) is 5.39 Å². The molecule has 0 N–H and O–H groups in total. The number of rotatable bonds is 1. The molecule has 90 valence electrons. The molecule has 0 spiro atoms. The Morgan fingerprint density at radius 3 is 2.68 bits per heavy atom. The molecule has 4 rings (SSSR count). The van der Waals surface area contributed by atoms with Gasteiger partial charge >= 0.3 is 0 Å². The summed E-state index contributed by atoms with van der Waals surface area (Å²) in [7, 11) is 0. The maximum Gasteiger partial charge on any atom is 0.134 e. The van der Waals surface area contributed by atoms with Crippen LogP contribution in [0.25, 0.3) is 33.0 Å². The molecule has 0 saturated carbocycles. The largest absolute Gasteiger partial charge is 0.464 e. The summed E-state index contributed by atoms with van der Waals surface area (Å²) in [4.78, 5) is 4.54. The fourth-order valence-corrected chi connectivity index (χ4v) is 2.54. The summed E-state index contributed by atoms with van der Waals surface area (Å²) in [6.45, 7) is 0. The van der Waals surface area contributed by atoms with Crippen LogP contribution in [0.2, 0.25) is 0 Å². The van der Waals surface area contributed by atoms with Crippen molar-refractivity contribution in [3.05, 3.63) is 67.1 Å². The van der Waals surface area contributed by atoms with Gasteiger partial charge in [0.1, 0.15) is 5.76 Å². The lowest BCUT2D eigenvalue weighted by atomic mass is 10.0. The average Bonchev–Trinajstić information content (AvgIpc) is 3.00. The van der Waals surface area contributed by atoms with Crippen LogP contribution in [0, 0.1) is 0 Å². The zero-order valence-corrected chi connectivity index (χ0v) is 10.2. The number of nitrogens with zero attached hydrogens (tertiary/aromatic N) is 1. The van der Waals surface area contributed by atoms with Crippen LogP contribution in [-0.4, -0.2) is 4.98 Å². The van der Waals surface area contributed by atoms with E-state index in [1.807, 2.05) is 36.5 Å². The number of benzene rings is 2. The van der Waals surface area contributed by atoms with Gasteiger partial charge in [0.25, 0.3) is 0 Å². The van der Waals surface area contributed by atoms with Crippen molar-refractivity contribution >= 4 is 21.7 Å². The fourth-order valence-electron chi connectivity index (χ4n) is 2.54. The van der Waals surface area contributed by atoms with Gasteiger partial charge in [-0.25, -0.2) is 0 Å². The summed E-state index contributed by atoms with van der Waals surface area (Å²) in [5.74, 6) is 0.878. The van der Waals surface area contributed by atoms with Gasteiger partial charge in [-0.15, -0.1) is 0 Å². The molecule has 2 nitrogen and oxygen atoms in total. The Morgan fingerprint density at radius 2 is 1.79 bits per heavy atom. The molecule has 0 saturated heterocycles. The molecule has 0 fully saturated rings. The number of aromatic nitrogens is 1. The predicted octanol–water partition coefficient (Wildman–Crippen LogP) is 4.65. The Bertz CT molecular complexity index is 863. The highest BCUT2D eigenvalue weighted by Gasteiger charge is 2.09. The van der Waals surface area contributed by atoms with Crippen LogP contribution in [0.3, 0.4) is 0 Å². The zero-order chi connectivity index (χ0) is 12.7.